The fourth-order valence-corrected chi connectivity index (χ4v) is 5.59. The van der Waals surface area contributed by atoms with Crippen LogP contribution in [0.3, 0.4) is 0 Å². The molecule has 3 heterocycles. The van der Waals surface area contributed by atoms with Gasteiger partial charge in [0.2, 0.25) is 11.8 Å². The molecule has 1 aliphatic carbocycles. The average Bonchev–Trinajstić information content (AvgIpc) is 3.52. The Kier molecular flexibility index (Phi) is 7.00. The molecule has 0 bridgehead atoms. The van der Waals surface area contributed by atoms with Crippen LogP contribution in [0.15, 0.2) is 35.1 Å². The van der Waals surface area contributed by atoms with Crippen molar-refractivity contribution in [3.8, 4) is 0 Å². The maximum Gasteiger partial charge on any atom is 0.253 e. The summed E-state index contributed by atoms with van der Waals surface area (Å²) in [6.45, 7) is 7.90. The van der Waals surface area contributed by atoms with Gasteiger partial charge in [-0.3, -0.25) is 9.59 Å². The van der Waals surface area contributed by atoms with Gasteiger partial charge in [-0.1, -0.05) is 25.9 Å². The Morgan fingerprint density at radius 3 is 2.45 bits per heavy atom. The van der Waals surface area contributed by atoms with E-state index < -0.39 is 5.92 Å². The quantitative estimate of drug-likeness (QED) is 0.464. The van der Waals surface area contributed by atoms with Crippen molar-refractivity contribution < 1.29 is 22.9 Å². The van der Waals surface area contributed by atoms with E-state index >= 15 is 0 Å². The van der Waals surface area contributed by atoms with Gasteiger partial charge in [-0.15, -0.1) is 0 Å². The van der Waals surface area contributed by atoms with E-state index in [0.29, 0.717) is 56.7 Å². The van der Waals surface area contributed by atoms with Crippen molar-refractivity contribution in [3.63, 3.8) is 0 Å². The van der Waals surface area contributed by atoms with Crippen molar-refractivity contribution in [2.45, 2.75) is 77.2 Å². The standard InChI is InChI=1S/C28H35F2N5O3/c1-27(2,3)26-31-21-16-20(4-5-22(21)35(26)17-18-6-11-28(29,30)12-7-18)25(37)34-13-8-19(9-14-34)24(36)32-23-10-15-38-33-23/h4-5,10,15-16,18-19H,6-9,11-14,17H2,1-3H3,(H,32,33,36). The van der Waals surface area contributed by atoms with Crippen LogP contribution in [0.4, 0.5) is 14.6 Å². The molecule has 2 fully saturated rings. The molecule has 10 heteroatoms. The average molecular weight is 528 g/mol. The molecule has 1 saturated carbocycles. The fraction of sp³-hybridized carbons (Fsp3) is 0.571. The Bertz CT molecular complexity index is 1290. The second-order valence-electron chi connectivity index (χ2n) is 11.7. The maximum absolute atomic E-state index is 13.7. The molecule has 1 saturated heterocycles. The van der Waals surface area contributed by atoms with Crippen molar-refractivity contribution in [2.75, 3.05) is 18.4 Å². The van der Waals surface area contributed by atoms with E-state index in [1.54, 1.807) is 11.0 Å². The molecule has 1 aromatic carbocycles. The van der Waals surface area contributed by atoms with E-state index in [4.69, 9.17) is 9.51 Å². The largest absolute Gasteiger partial charge is 0.363 e. The first-order valence-corrected chi connectivity index (χ1v) is 13.4. The second-order valence-corrected chi connectivity index (χ2v) is 11.7. The molecule has 204 valence electrons. The topological polar surface area (TPSA) is 93.3 Å². The van der Waals surface area contributed by atoms with Crippen molar-refractivity contribution in [1.82, 2.24) is 19.6 Å². The fourth-order valence-electron chi connectivity index (χ4n) is 5.59. The molecule has 1 N–H and O–H groups in total. The van der Waals surface area contributed by atoms with Crippen LogP contribution in [0.25, 0.3) is 11.0 Å². The first kappa shape index (κ1) is 26.3. The molecule has 0 unspecified atom stereocenters. The summed E-state index contributed by atoms with van der Waals surface area (Å²) in [5.74, 6) is -1.48. The van der Waals surface area contributed by atoms with E-state index in [9.17, 15) is 18.4 Å². The summed E-state index contributed by atoms with van der Waals surface area (Å²) >= 11 is 0. The number of fused-ring (bicyclic) bond motifs is 1. The smallest absolute Gasteiger partial charge is 0.253 e. The van der Waals surface area contributed by atoms with Gasteiger partial charge in [0.1, 0.15) is 12.1 Å². The van der Waals surface area contributed by atoms with Crippen molar-refractivity contribution in [3.05, 3.63) is 41.9 Å². The number of halogens is 2. The first-order valence-electron chi connectivity index (χ1n) is 13.4. The second kappa shape index (κ2) is 10.1. The number of piperidine rings is 1. The van der Waals surface area contributed by atoms with E-state index in [-0.39, 0.29) is 41.9 Å². The molecule has 0 radical (unpaired) electrons. The van der Waals surface area contributed by atoms with Crippen LogP contribution in [-0.4, -0.2) is 50.4 Å². The lowest BCUT2D eigenvalue weighted by molar-refractivity contribution is -0.121. The lowest BCUT2D eigenvalue weighted by Gasteiger charge is -2.31. The Hall–Kier alpha value is -3.30. The predicted molar refractivity (Wildman–Crippen MR) is 139 cm³/mol. The number of benzene rings is 1. The van der Waals surface area contributed by atoms with E-state index in [2.05, 4.69) is 35.8 Å². The van der Waals surface area contributed by atoms with Crippen LogP contribution in [0, 0.1) is 11.8 Å². The molecular formula is C28H35F2N5O3. The monoisotopic (exact) mass is 527 g/mol. The molecule has 38 heavy (non-hydrogen) atoms. The van der Waals surface area contributed by atoms with Crippen LogP contribution in [0.5, 0.6) is 0 Å². The van der Waals surface area contributed by atoms with Crippen molar-refractivity contribution in [1.29, 1.82) is 0 Å². The number of hydrogen-bond acceptors (Lipinski definition) is 5. The molecule has 3 aromatic rings. The van der Waals surface area contributed by atoms with Gasteiger partial charge in [-0.2, -0.15) is 0 Å². The Morgan fingerprint density at radius 2 is 1.82 bits per heavy atom. The molecule has 0 spiro atoms. The summed E-state index contributed by atoms with van der Waals surface area (Å²) in [4.78, 5) is 32.5. The lowest BCUT2D eigenvalue weighted by Crippen LogP contribution is -2.41. The number of hydrogen-bond donors (Lipinski definition) is 1. The van der Waals surface area contributed by atoms with E-state index in [1.165, 1.54) is 6.26 Å². The van der Waals surface area contributed by atoms with Gasteiger partial charge < -0.3 is 19.3 Å². The predicted octanol–water partition coefficient (Wildman–Crippen LogP) is 5.64. The molecule has 2 amide bonds. The van der Waals surface area contributed by atoms with Gasteiger partial charge in [-0.25, -0.2) is 13.8 Å². The van der Waals surface area contributed by atoms with E-state index in [0.717, 1.165) is 16.9 Å². The van der Waals surface area contributed by atoms with Gasteiger partial charge in [0.25, 0.3) is 5.91 Å². The number of likely N-dealkylation sites (tertiary alicyclic amines) is 1. The molecule has 5 rings (SSSR count). The lowest BCUT2D eigenvalue weighted by atomic mass is 9.86. The zero-order valence-electron chi connectivity index (χ0n) is 22.2. The van der Waals surface area contributed by atoms with Crippen LogP contribution >= 0.6 is 0 Å². The highest BCUT2D eigenvalue weighted by molar-refractivity contribution is 5.98. The highest BCUT2D eigenvalue weighted by Crippen LogP contribution is 2.38. The highest BCUT2D eigenvalue weighted by Gasteiger charge is 2.36. The SMILES string of the molecule is CC(C)(C)c1nc2cc(C(=O)N3CCC(C(=O)Nc4ccon4)CC3)ccc2n1CC1CCC(F)(F)CC1. The zero-order valence-corrected chi connectivity index (χ0v) is 22.2. The molecular weight excluding hydrogens is 492 g/mol. The van der Waals surface area contributed by atoms with Gasteiger partial charge in [0, 0.05) is 55.4 Å². The normalized spacial score (nSPS) is 19.1. The number of carbonyl (C=O) groups is 2. The molecule has 0 atom stereocenters. The van der Waals surface area contributed by atoms with Gasteiger partial charge in [-0.05, 0) is 49.8 Å². The third-order valence-electron chi connectivity index (χ3n) is 7.79. The number of nitrogens with zero attached hydrogens (tertiary/aromatic N) is 4. The van der Waals surface area contributed by atoms with Crippen LogP contribution < -0.4 is 5.32 Å². The number of anilines is 1. The third-order valence-corrected chi connectivity index (χ3v) is 7.79. The molecule has 8 nitrogen and oxygen atoms in total. The number of rotatable bonds is 5. The number of aromatic nitrogens is 3. The minimum atomic E-state index is -2.55. The number of nitrogens with one attached hydrogen (secondary N) is 1. The molecule has 2 aliphatic rings. The summed E-state index contributed by atoms with van der Waals surface area (Å²) in [6.07, 6.45) is 3.41. The zero-order chi connectivity index (χ0) is 27.1. The number of imidazole rings is 1. The number of alkyl halides is 2. The van der Waals surface area contributed by atoms with Crippen LogP contribution in [-0.2, 0) is 16.8 Å². The Balaban J connectivity index is 1.29. The minimum Gasteiger partial charge on any atom is -0.363 e. The van der Waals surface area contributed by atoms with Gasteiger partial charge in [0.05, 0.1) is 11.0 Å². The Morgan fingerprint density at radius 1 is 1.11 bits per heavy atom. The maximum atomic E-state index is 13.7. The van der Waals surface area contributed by atoms with Gasteiger partial charge >= 0.3 is 0 Å². The van der Waals surface area contributed by atoms with Crippen LogP contribution in [0.2, 0.25) is 0 Å². The summed E-state index contributed by atoms with van der Waals surface area (Å²) in [5, 5.41) is 6.46. The summed E-state index contributed by atoms with van der Waals surface area (Å²) in [6, 6.07) is 7.18. The molecule has 1 aliphatic heterocycles. The van der Waals surface area contributed by atoms with Crippen molar-refractivity contribution >= 4 is 28.7 Å². The third kappa shape index (κ3) is 5.59. The Labute approximate surface area is 220 Å². The molecule has 2 aromatic heterocycles. The van der Waals surface area contributed by atoms with Crippen LogP contribution in [0.1, 0.15) is 75.5 Å². The minimum absolute atomic E-state index is 0.0631. The van der Waals surface area contributed by atoms with E-state index in [1.807, 2.05) is 18.2 Å². The number of amides is 2. The van der Waals surface area contributed by atoms with Gasteiger partial charge in [0.15, 0.2) is 5.82 Å². The summed E-state index contributed by atoms with van der Waals surface area (Å²) in [5.41, 5.74) is 1.98. The highest BCUT2D eigenvalue weighted by atomic mass is 19.3. The first-order chi connectivity index (χ1) is 18.0. The summed E-state index contributed by atoms with van der Waals surface area (Å²) in [7, 11) is 0. The number of carbonyl (C=O) groups excluding carboxylic acids is 2. The van der Waals surface area contributed by atoms with Crippen molar-refractivity contribution in [2.24, 2.45) is 11.8 Å². The summed E-state index contributed by atoms with van der Waals surface area (Å²) < 4.78 is 34.3.